The van der Waals surface area contributed by atoms with E-state index in [1.807, 2.05) is 30.3 Å². The van der Waals surface area contributed by atoms with E-state index in [0.717, 1.165) is 43.9 Å². The number of pyridine rings is 1. The maximum absolute atomic E-state index is 12.7. The van der Waals surface area contributed by atoms with Gasteiger partial charge in [0.05, 0.1) is 0 Å². The number of hydrogen-bond donors (Lipinski definition) is 1. The Bertz CT molecular complexity index is 1020. The van der Waals surface area contributed by atoms with Gasteiger partial charge in [-0.15, -0.1) is 0 Å². The predicted molar refractivity (Wildman–Crippen MR) is 125 cm³/mol. The molecule has 0 spiro atoms. The molecule has 6 nitrogen and oxygen atoms in total. The molecular formula is C26H30N4O2. The van der Waals surface area contributed by atoms with Gasteiger partial charge in [-0.05, 0) is 29.8 Å². The summed E-state index contributed by atoms with van der Waals surface area (Å²) in [6.45, 7) is 6.25. The van der Waals surface area contributed by atoms with Gasteiger partial charge in [0, 0.05) is 57.1 Å². The van der Waals surface area contributed by atoms with Gasteiger partial charge in [-0.2, -0.15) is 0 Å². The van der Waals surface area contributed by atoms with E-state index in [1.54, 1.807) is 18.3 Å². The largest absolute Gasteiger partial charge is 0.473 e. The molecule has 3 aromatic rings. The Morgan fingerprint density at radius 2 is 1.69 bits per heavy atom. The molecule has 2 aromatic carbocycles. The third kappa shape index (κ3) is 6.39. The molecule has 4 rings (SSSR count). The van der Waals surface area contributed by atoms with Crippen LogP contribution >= 0.6 is 0 Å². The molecule has 0 radical (unpaired) electrons. The van der Waals surface area contributed by atoms with E-state index in [1.165, 1.54) is 5.56 Å². The second-order valence-corrected chi connectivity index (χ2v) is 8.24. The number of benzene rings is 2. The lowest BCUT2D eigenvalue weighted by Crippen LogP contribution is -2.43. The number of rotatable bonds is 8. The highest BCUT2D eigenvalue weighted by Gasteiger charge is 2.14. The standard InChI is InChI=1S/C26H30N4O2/c1-29-12-14-30(15-13-29)19-23-9-5-8-22(16-23)18-28-26(31)24-10-11-27-25(17-24)32-20-21-6-3-2-4-7-21/h2-11,16-17H,12-15,18-20H2,1H3,(H,28,31). The van der Waals surface area contributed by atoms with E-state index in [9.17, 15) is 4.79 Å². The molecule has 0 unspecified atom stereocenters. The third-order valence-corrected chi connectivity index (χ3v) is 5.67. The Morgan fingerprint density at radius 3 is 2.50 bits per heavy atom. The van der Waals surface area contributed by atoms with Crippen molar-refractivity contribution < 1.29 is 9.53 Å². The molecule has 2 heterocycles. The molecule has 6 heteroatoms. The van der Waals surface area contributed by atoms with Gasteiger partial charge in [0.1, 0.15) is 6.61 Å². The summed E-state index contributed by atoms with van der Waals surface area (Å²) in [6.07, 6.45) is 1.60. The number of carbonyl (C=O) groups is 1. The summed E-state index contributed by atoms with van der Waals surface area (Å²) in [5, 5.41) is 3.01. The highest BCUT2D eigenvalue weighted by Crippen LogP contribution is 2.13. The molecule has 0 aliphatic carbocycles. The van der Waals surface area contributed by atoms with Gasteiger partial charge < -0.3 is 15.0 Å². The van der Waals surface area contributed by atoms with Gasteiger partial charge in [0.15, 0.2) is 0 Å². The number of nitrogens with one attached hydrogen (secondary N) is 1. The van der Waals surface area contributed by atoms with E-state index in [-0.39, 0.29) is 5.91 Å². The van der Waals surface area contributed by atoms with E-state index in [2.05, 4.69) is 51.4 Å². The van der Waals surface area contributed by atoms with Crippen molar-refractivity contribution in [3.05, 3.63) is 95.2 Å². The number of nitrogens with zero attached hydrogens (tertiary/aromatic N) is 3. The van der Waals surface area contributed by atoms with Gasteiger partial charge in [0.25, 0.3) is 5.91 Å². The van der Waals surface area contributed by atoms with Crippen molar-refractivity contribution in [3.8, 4) is 5.88 Å². The van der Waals surface area contributed by atoms with Crippen molar-refractivity contribution in [3.63, 3.8) is 0 Å². The summed E-state index contributed by atoms with van der Waals surface area (Å²) in [7, 11) is 2.17. The van der Waals surface area contributed by atoms with E-state index in [4.69, 9.17) is 4.74 Å². The second-order valence-electron chi connectivity index (χ2n) is 8.24. The molecule has 0 bridgehead atoms. The van der Waals surface area contributed by atoms with Crippen molar-refractivity contribution in [1.29, 1.82) is 0 Å². The summed E-state index contributed by atoms with van der Waals surface area (Å²) in [6, 6.07) is 21.7. The van der Waals surface area contributed by atoms with Gasteiger partial charge in [-0.3, -0.25) is 9.69 Å². The summed E-state index contributed by atoms with van der Waals surface area (Å²) >= 11 is 0. The van der Waals surface area contributed by atoms with Crippen LogP contribution in [-0.4, -0.2) is 53.9 Å². The fourth-order valence-corrected chi connectivity index (χ4v) is 3.75. The number of hydrogen-bond acceptors (Lipinski definition) is 5. The summed E-state index contributed by atoms with van der Waals surface area (Å²) in [4.78, 5) is 21.7. The number of aromatic nitrogens is 1. The van der Waals surface area contributed by atoms with Crippen molar-refractivity contribution in [2.45, 2.75) is 19.7 Å². The van der Waals surface area contributed by atoms with Gasteiger partial charge in [0.2, 0.25) is 5.88 Å². The van der Waals surface area contributed by atoms with Crippen LogP contribution in [0.5, 0.6) is 5.88 Å². The maximum atomic E-state index is 12.7. The zero-order chi connectivity index (χ0) is 22.2. The Kier molecular flexibility index (Phi) is 7.48. The molecule has 166 valence electrons. The molecule has 1 fully saturated rings. The van der Waals surface area contributed by atoms with Crippen LogP contribution in [0.25, 0.3) is 0 Å². The fourth-order valence-electron chi connectivity index (χ4n) is 3.75. The first kappa shape index (κ1) is 22.0. The first-order chi connectivity index (χ1) is 15.7. The average Bonchev–Trinajstić information content (AvgIpc) is 2.84. The van der Waals surface area contributed by atoms with Crippen molar-refractivity contribution >= 4 is 5.91 Å². The number of carbonyl (C=O) groups excluding carboxylic acids is 1. The number of ether oxygens (including phenoxy) is 1. The minimum absolute atomic E-state index is 0.138. The molecule has 32 heavy (non-hydrogen) atoms. The van der Waals surface area contributed by atoms with Crippen LogP contribution in [-0.2, 0) is 19.7 Å². The van der Waals surface area contributed by atoms with E-state index in [0.29, 0.717) is 24.6 Å². The molecule has 1 amide bonds. The summed E-state index contributed by atoms with van der Waals surface area (Å²) < 4.78 is 5.74. The number of piperazine rings is 1. The normalized spacial score (nSPS) is 14.8. The number of likely N-dealkylation sites (N-methyl/N-ethyl adjacent to an activating group) is 1. The first-order valence-electron chi connectivity index (χ1n) is 11.1. The lowest BCUT2D eigenvalue weighted by Gasteiger charge is -2.32. The zero-order valence-electron chi connectivity index (χ0n) is 18.5. The monoisotopic (exact) mass is 430 g/mol. The Morgan fingerprint density at radius 1 is 0.938 bits per heavy atom. The van der Waals surface area contributed by atoms with Crippen LogP contribution in [0.3, 0.4) is 0 Å². The van der Waals surface area contributed by atoms with E-state index >= 15 is 0 Å². The SMILES string of the molecule is CN1CCN(Cc2cccc(CNC(=O)c3ccnc(OCc4ccccc4)c3)c2)CC1. The lowest BCUT2D eigenvalue weighted by atomic mass is 10.1. The van der Waals surface area contributed by atoms with Gasteiger partial charge in [-0.1, -0.05) is 54.6 Å². The quantitative estimate of drug-likeness (QED) is 0.594. The van der Waals surface area contributed by atoms with Crippen molar-refractivity contribution in [2.24, 2.45) is 0 Å². The molecule has 1 aliphatic rings. The van der Waals surface area contributed by atoms with Crippen LogP contribution in [0.4, 0.5) is 0 Å². The minimum atomic E-state index is -0.138. The molecular weight excluding hydrogens is 400 g/mol. The van der Waals surface area contributed by atoms with Crippen LogP contribution in [0, 0.1) is 0 Å². The van der Waals surface area contributed by atoms with Gasteiger partial charge >= 0.3 is 0 Å². The predicted octanol–water partition coefficient (Wildman–Crippen LogP) is 3.34. The van der Waals surface area contributed by atoms with Crippen LogP contribution in [0.2, 0.25) is 0 Å². The lowest BCUT2D eigenvalue weighted by molar-refractivity contribution is 0.0950. The fraction of sp³-hybridized carbons (Fsp3) is 0.308. The Hall–Kier alpha value is -3.22. The molecule has 0 atom stereocenters. The average molecular weight is 431 g/mol. The molecule has 1 N–H and O–H groups in total. The maximum Gasteiger partial charge on any atom is 0.251 e. The number of amides is 1. The zero-order valence-corrected chi connectivity index (χ0v) is 18.5. The molecule has 1 saturated heterocycles. The van der Waals surface area contributed by atoms with Crippen LogP contribution < -0.4 is 10.1 Å². The van der Waals surface area contributed by atoms with Crippen molar-refractivity contribution in [1.82, 2.24) is 20.1 Å². The topological polar surface area (TPSA) is 57.7 Å². The Labute approximate surface area is 189 Å². The highest BCUT2D eigenvalue weighted by atomic mass is 16.5. The van der Waals surface area contributed by atoms with Crippen LogP contribution in [0.15, 0.2) is 72.9 Å². The summed E-state index contributed by atoms with van der Waals surface area (Å²) in [5.41, 5.74) is 3.97. The summed E-state index contributed by atoms with van der Waals surface area (Å²) in [5.74, 6) is 0.303. The Balaban J connectivity index is 1.30. The molecule has 1 aromatic heterocycles. The van der Waals surface area contributed by atoms with E-state index < -0.39 is 0 Å². The molecule has 1 aliphatic heterocycles. The van der Waals surface area contributed by atoms with Crippen molar-refractivity contribution in [2.75, 3.05) is 33.2 Å². The van der Waals surface area contributed by atoms with Gasteiger partial charge in [-0.25, -0.2) is 4.98 Å². The first-order valence-corrected chi connectivity index (χ1v) is 11.1. The highest BCUT2D eigenvalue weighted by molar-refractivity contribution is 5.94. The third-order valence-electron chi connectivity index (χ3n) is 5.67. The second kappa shape index (κ2) is 10.9. The smallest absolute Gasteiger partial charge is 0.251 e. The van der Waals surface area contributed by atoms with Crippen LogP contribution in [0.1, 0.15) is 27.0 Å². The molecule has 0 saturated carbocycles. The minimum Gasteiger partial charge on any atom is -0.473 e.